The number of hydrogen-bond donors (Lipinski definition) is 2. The van der Waals surface area contributed by atoms with Crippen LogP contribution in [0.15, 0.2) is 70.5 Å². The van der Waals surface area contributed by atoms with Crippen molar-refractivity contribution in [3.05, 3.63) is 87.4 Å². The molecule has 0 aliphatic rings. The molecule has 0 spiro atoms. The summed E-state index contributed by atoms with van der Waals surface area (Å²) in [6, 6.07) is 13.8. The number of anilines is 1. The molecule has 35 heavy (non-hydrogen) atoms. The molecule has 3 aromatic rings. The average Bonchev–Trinajstić information content (AvgIpc) is 2.78. The van der Waals surface area contributed by atoms with Gasteiger partial charge in [-0.2, -0.15) is 13.2 Å². The number of benzene rings is 3. The fourth-order valence-corrected chi connectivity index (χ4v) is 5.63. The van der Waals surface area contributed by atoms with E-state index in [4.69, 9.17) is 23.2 Å². The third-order valence-corrected chi connectivity index (χ3v) is 7.77. The average molecular weight is 563 g/mol. The van der Waals surface area contributed by atoms with Gasteiger partial charge in [0, 0.05) is 27.8 Å². The molecule has 0 radical (unpaired) electrons. The lowest BCUT2D eigenvalue weighted by Gasteiger charge is -2.15. The minimum atomic E-state index is -4.82. The molecule has 12 heteroatoms. The van der Waals surface area contributed by atoms with Crippen LogP contribution in [0.5, 0.6) is 0 Å². The number of hydrogen-bond acceptors (Lipinski definition) is 4. The van der Waals surface area contributed by atoms with Gasteiger partial charge in [0.15, 0.2) is 0 Å². The van der Waals surface area contributed by atoms with Gasteiger partial charge < -0.3 is 5.32 Å². The summed E-state index contributed by atoms with van der Waals surface area (Å²) >= 11 is 12.9. The van der Waals surface area contributed by atoms with Crippen molar-refractivity contribution in [2.24, 2.45) is 0 Å². The van der Waals surface area contributed by atoms with Crippen molar-refractivity contribution in [3.8, 4) is 0 Å². The molecule has 0 aliphatic carbocycles. The van der Waals surface area contributed by atoms with E-state index in [9.17, 15) is 26.4 Å². The molecule has 0 bridgehead atoms. The summed E-state index contributed by atoms with van der Waals surface area (Å²) in [6.07, 6.45) is -4.82. The molecule has 0 heterocycles. The standard InChI is InChI=1S/C23H19Cl2F3N2O3S2/c1-2-29-22(31)17-6-4-3-5-14(17)13-34-21-10-7-15(24)11-20(21)30-35(32,33)16-8-9-19(25)18(12-16)23(26,27)28/h3-12,30H,2,13H2,1H3,(H,29,31). The molecule has 5 nitrogen and oxygen atoms in total. The number of carbonyl (C=O) groups is 1. The van der Waals surface area contributed by atoms with E-state index in [1.54, 1.807) is 43.3 Å². The summed E-state index contributed by atoms with van der Waals surface area (Å²) in [5.74, 6) is 0.0898. The highest BCUT2D eigenvalue weighted by atomic mass is 35.5. The Labute approximate surface area is 215 Å². The van der Waals surface area contributed by atoms with Crippen LogP contribution >= 0.6 is 35.0 Å². The van der Waals surface area contributed by atoms with Gasteiger partial charge in [-0.15, -0.1) is 11.8 Å². The first-order chi connectivity index (χ1) is 16.4. The normalized spacial score (nSPS) is 11.8. The SMILES string of the molecule is CCNC(=O)c1ccccc1CSc1ccc(Cl)cc1NS(=O)(=O)c1ccc(Cl)c(C(F)(F)F)c1. The van der Waals surface area contributed by atoms with Crippen LogP contribution in [-0.4, -0.2) is 20.9 Å². The van der Waals surface area contributed by atoms with Gasteiger partial charge in [0.1, 0.15) is 0 Å². The van der Waals surface area contributed by atoms with E-state index in [0.29, 0.717) is 28.8 Å². The van der Waals surface area contributed by atoms with E-state index in [2.05, 4.69) is 10.0 Å². The highest BCUT2D eigenvalue weighted by Gasteiger charge is 2.34. The quantitative estimate of drug-likeness (QED) is 0.294. The zero-order valence-corrected chi connectivity index (χ0v) is 21.3. The van der Waals surface area contributed by atoms with Crippen molar-refractivity contribution < 1.29 is 26.4 Å². The molecule has 3 aromatic carbocycles. The molecule has 186 valence electrons. The van der Waals surface area contributed by atoms with Gasteiger partial charge in [0.05, 0.1) is 21.2 Å². The Balaban J connectivity index is 1.90. The largest absolute Gasteiger partial charge is 0.417 e. The molecule has 0 saturated carbocycles. The van der Waals surface area contributed by atoms with Crippen molar-refractivity contribution in [1.82, 2.24) is 5.32 Å². The highest BCUT2D eigenvalue weighted by molar-refractivity contribution is 7.98. The summed E-state index contributed by atoms with van der Waals surface area (Å²) in [4.78, 5) is 12.2. The van der Waals surface area contributed by atoms with Crippen molar-refractivity contribution in [1.29, 1.82) is 0 Å². The Kier molecular flexibility index (Phi) is 8.63. The number of carbonyl (C=O) groups excluding carboxylic acids is 1. The smallest absolute Gasteiger partial charge is 0.352 e. The number of amides is 1. The fourth-order valence-electron chi connectivity index (χ4n) is 3.08. The molecular weight excluding hydrogens is 544 g/mol. The lowest BCUT2D eigenvalue weighted by atomic mass is 10.1. The van der Waals surface area contributed by atoms with Crippen LogP contribution in [0.25, 0.3) is 0 Å². The third-order valence-electron chi connectivity index (χ3n) is 4.72. The van der Waals surface area contributed by atoms with Crippen molar-refractivity contribution in [3.63, 3.8) is 0 Å². The molecule has 1 amide bonds. The summed E-state index contributed by atoms with van der Waals surface area (Å²) < 4.78 is 67.8. The maximum Gasteiger partial charge on any atom is 0.417 e. The Morgan fingerprint density at radius 2 is 1.74 bits per heavy atom. The molecule has 0 unspecified atom stereocenters. The monoisotopic (exact) mass is 562 g/mol. The zero-order valence-electron chi connectivity index (χ0n) is 18.1. The molecule has 2 N–H and O–H groups in total. The number of halogens is 5. The van der Waals surface area contributed by atoms with Crippen molar-refractivity contribution >= 4 is 56.6 Å². The van der Waals surface area contributed by atoms with Crippen molar-refractivity contribution in [2.45, 2.75) is 28.6 Å². The predicted octanol–water partition coefficient (Wildman–Crippen LogP) is 6.86. The van der Waals surface area contributed by atoms with Gasteiger partial charge in [-0.25, -0.2) is 8.42 Å². The number of rotatable bonds is 8. The third kappa shape index (κ3) is 6.84. The molecular formula is C23H19Cl2F3N2O3S2. The van der Waals surface area contributed by atoms with Gasteiger partial charge in [-0.1, -0.05) is 41.4 Å². The van der Waals surface area contributed by atoms with E-state index in [1.807, 2.05) is 0 Å². The van der Waals surface area contributed by atoms with Gasteiger partial charge >= 0.3 is 6.18 Å². The number of sulfonamides is 1. The molecule has 0 fully saturated rings. The van der Waals surface area contributed by atoms with Crippen LogP contribution in [0.4, 0.5) is 18.9 Å². The Morgan fingerprint density at radius 1 is 1.03 bits per heavy atom. The first-order valence-corrected chi connectivity index (χ1v) is 13.3. The predicted molar refractivity (Wildman–Crippen MR) is 133 cm³/mol. The Hall–Kier alpha value is -2.40. The molecule has 3 rings (SSSR count). The molecule has 0 saturated heterocycles. The lowest BCUT2D eigenvalue weighted by Crippen LogP contribution is -2.23. The van der Waals surface area contributed by atoms with Gasteiger partial charge in [-0.3, -0.25) is 9.52 Å². The fraction of sp³-hybridized carbons (Fsp3) is 0.174. The Bertz CT molecular complexity index is 1350. The maximum absolute atomic E-state index is 13.2. The summed E-state index contributed by atoms with van der Waals surface area (Å²) in [6.45, 7) is 2.27. The van der Waals surface area contributed by atoms with Crippen LogP contribution in [0.3, 0.4) is 0 Å². The first kappa shape index (κ1) is 27.2. The zero-order chi connectivity index (χ0) is 25.8. The second-order valence-corrected chi connectivity index (χ2v) is 10.7. The van der Waals surface area contributed by atoms with Crippen LogP contribution in [-0.2, 0) is 22.0 Å². The lowest BCUT2D eigenvalue weighted by molar-refractivity contribution is -0.137. The van der Waals surface area contributed by atoms with Crippen LogP contribution in [0.1, 0.15) is 28.4 Å². The van der Waals surface area contributed by atoms with Gasteiger partial charge in [-0.05, 0) is 55.0 Å². The molecule has 0 aromatic heterocycles. The number of alkyl halides is 3. The number of nitrogens with one attached hydrogen (secondary N) is 2. The summed E-state index contributed by atoms with van der Waals surface area (Å²) in [7, 11) is -4.41. The first-order valence-electron chi connectivity index (χ1n) is 10.1. The van der Waals surface area contributed by atoms with E-state index in [0.717, 1.165) is 17.7 Å². The van der Waals surface area contributed by atoms with Crippen LogP contribution < -0.4 is 10.0 Å². The minimum absolute atomic E-state index is 0.0847. The highest BCUT2D eigenvalue weighted by Crippen LogP contribution is 2.37. The second-order valence-electron chi connectivity index (χ2n) is 7.19. The summed E-state index contributed by atoms with van der Waals surface area (Å²) in [5.41, 5.74) is 0.0321. The maximum atomic E-state index is 13.2. The summed E-state index contributed by atoms with van der Waals surface area (Å²) in [5, 5.41) is 2.35. The van der Waals surface area contributed by atoms with E-state index < -0.39 is 31.7 Å². The minimum Gasteiger partial charge on any atom is -0.352 e. The van der Waals surface area contributed by atoms with E-state index in [1.165, 1.54) is 17.8 Å². The van der Waals surface area contributed by atoms with Gasteiger partial charge in [0.2, 0.25) is 0 Å². The van der Waals surface area contributed by atoms with Crippen molar-refractivity contribution in [2.75, 3.05) is 11.3 Å². The van der Waals surface area contributed by atoms with Crippen LogP contribution in [0.2, 0.25) is 10.0 Å². The van der Waals surface area contributed by atoms with E-state index >= 15 is 0 Å². The van der Waals surface area contributed by atoms with E-state index in [-0.39, 0.29) is 16.6 Å². The van der Waals surface area contributed by atoms with Crippen LogP contribution in [0, 0.1) is 0 Å². The number of thioether (sulfide) groups is 1. The molecule has 0 aliphatic heterocycles. The topological polar surface area (TPSA) is 75.3 Å². The molecule has 0 atom stereocenters. The second kappa shape index (κ2) is 11.1. The Morgan fingerprint density at radius 3 is 2.43 bits per heavy atom. The van der Waals surface area contributed by atoms with Gasteiger partial charge in [0.25, 0.3) is 15.9 Å².